The second kappa shape index (κ2) is 6.58. The summed E-state index contributed by atoms with van der Waals surface area (Å²) in [6.45, 7) is 2.44. The Morgan fingerprint density at radius 3 is 2.74 bits per heavy atom. The molecule has 2 aliphatic heterocycles. The third kappa shape index (κ3) is 2.99. The summed E-state index contributed by atoms with van der Waals surface area (Å²) < 4.78 is 0. The van der Waals surface area contributed by atoms with Crippen molar-refractivity contribution in [3.8, 4) is 11.3 Å². The van der Waals surface area contributed by atoms with Crippen LogP contribution in [0, 0.1) is 0 Å². The number of benzene rings is 2. The van der Waals surface area contributed by atoms with Gasteiger partial charge in [-0.15, -0.1) is 0 Å². The van der Waals surface area contributed by atoms with E-state index in [1.165, 1.54) is 12.0 Å². The van der Waals surface area contributed by atoms with E-state index in [-0.39, 0.29) is 5.91 Å². The lowest BCUT2D eigenvalue weighted by Crippen LogP contribution is -2.35. The van der Waals surface area contributed by atoms with Crippen LogP contribution in [0.2, 0.25) is 0 Å². The van der Waals surface area contributed by atoms with Crippen molar-refractivity contribution in [2.45, 2.75) is 25.8 Å². The predicted molar refractivity (Wildman–Crippen MR) is 106 cm³/mol. The molecule has 0 N–H and O–H groups in total. The van der Waals surface area contributed by atoms with Crippen LogP contribution < -0.4 is 0 Å². The molecule has 1 aromatic heterocycles. The Kier molecular flexibility index (Phi) is 3.93. The van der Waals surface area contributed by atoms with Gasteiger partial charge in [-0.3, -0.25) is 14.8 Å². The number of likely N-dealkylation sites (tertiary alicyclic amines) is 1. The lowest BCUT2D eigenvalue weighted by Gasteiger charge is -2.26. The van der Waals surface area contributed by atoms with Crippen LogP contribution in [0.3, 0.4) is 0 Å². The van der Waals surface area contributed by atoms with Gasteiger partial charge in [-0.05, 0) is 54.7 Å². The summed E-state index contributed by atoms with van der Waals surface area (Å²) in [6.07, 6.45) is 7.09. The Morgan fingerprint density at radius 1 is 0.963 bits per heavy atom. The fourth-order valence-corrected chi connectivity index (χ4v) is 3.82. The van der Waals surface area contributed by atoms with E-state index >= 15 is 0 Å². The average molecular weight is 356 g/mol. The number of carbonyl (C=O) groups excluding carboxylic acids is 1. The molecular weight excluding hydrogens is 336 g/mol. The molecule has 5 heteroatoms. The molecule has 2 aliphatic rings. The number of nitrogens with zero attached hydrogens (tertiary/aromatic N) is 4. The molecular formula is C22H20N4O. The molecule has 3 heterocycles. The van der Waals surface area contributed by atoms with E-state index in [2.05, 4.69) is 28.2 Å². The Hall–Kier alpha value is -3.08. The Labute approximate surface area is 157 Å². The average Bonchev–Trinajstić information content (AvgIpc) is 3.21. The van der Waals surface area contributed by atoms with E-state index in [0.29, 0.717) is 5.56 Å². The molecule has 27 heavy (non-hydrogen) atoms. The summed E-state index contributed by atoms with van der Waals surface area (Å²) in [5.74, 6) is 0.0949. The van der Waals surface area contributed by atoms with Crippen molar-refractivity contribution in [1.29, 1.82) is 0 Å². The zero-order valence-electron chi connectivity index (χ0n) is 15.1. The molecule has 5 rings (SSSR count). The van der Waals surface area contributed by atoms with E-state index in [9.17, 15) is 4.79 Å². The van der Waals surface area contributed by atoms with Crippen molar-refractivity contribution in [3.05, 3.63) is 59.3 Å². The number of amides is 1. The van der Waals surface area contributed by atoms with Crippen molar-refractivity contribution >= 4 is 23.2 Å². The molecule has 1 fully saturated rings. The number of aromatic nitrogens is 2. The van der Waals surface area contributed by atoms with Crippen molar-refractivity contribution < 1.29 is 4.79 Å². The zero-order chi connectivity index (χ0) is 18.2. The number of fused-ring (bicyclic) bond motifs is 2. The Bertz CT molecular complexity index is 1070. The number of piperidine rings is 1. The third-order valence-electron chi connectivity index (χ3n) is 5.37. The van der Waals surface area contributed by atoms with Crippen LogP contribution in [0.4, 0.5) is 0 Å². The highest BCUT2D eigenvalue weighted by molar-refractivity contribution is 5.97. The molecule has 0 atom stereocenters. The minimum atomic E-state index is 0.0949. The van der Waals surface area contributed by atoms with Gasteiger partial charge >= 0.3 is 0 Å². The Balaban J connectivity index is 1.50. The van der Waals surface area contributed by atoms with E-state index in [1.54, 1.807) is 6.20 Å². The van der Waals surface area contributed by atoms with Crippen molar-refractivity contribution in [2.24, 2.45) is 4.99 Å². The van der Waals surface area contributed by atoms with Gasteiger partial charge in [-0.1, -0.05) is 12.1 Å². The summed E-state index contributed by atoms with van der Waals surface area (Å²) in [4.78, 5) is 28.4. The van der Waals surface area contributed by atoms with Crippen LogP contribution in [0.15, 0.2) is 47.6 Å². The quantitative estimate of drug-likeness (QED) is 0.701. The SMILES string of the molecule is O=C(c1ccc2ncc(-c3ccc4c(c3)C=NC4)nc2c1)N1CCCCC1. The van der Waals surface area contributed by atoms with Crippen LogP contribution >= 0.6 is 0 Å². The van der Waals surface area contributed by atoms with E-state index in [1.807, 2.05) is 29.3 Å². The summed E-state index contributed by atoms with van der Waals surface area (Å²) >= 11 is 0. The molecule has 0 radical (unpaired) electrons. The number of carbonyl (C=O) groups is 1. The van der Waals surface area contributed by atoms with Gasteiger partial charge in [0.05, 0.1) is 29.5 Å². The normalized spacial score (nSPS) is 15.9. The topological polar surface area (TPSA) is 58.5 Å². The molecule has 0 spiro atoms. The summed E-state index contributed by atoms with van der Waals surface area (Å²) in [7, 11) is 0. The van der Waals surface area contributed by atoms with Crippen LogP contribution in [-0.4, -0.2) is 40.1 Å². The first kappa shape index (κ1) is 16.1. The molecule has 0 unspecified atom stereocenters. The maximum absolute atomic E-state index is 12.8. The van der Waals surface area contributed by atoms with Crippen molar-refractivity contribution in [3.63, 3.8) is 0 Å². The molecule has 0 saturated carbocycles. The predicted octanol–water partition coefficient (Wildman–Crippen LogP) is 3.86. The maximum atomic E-state index is 12.8. The van der Waals surface area contributed by atoms with Crippen LogP contribution in [0.25, 0.3) is 22.3 Å². The van der Waals surface area contributed by atoms with Gasteiger partial charge in [0.25, 0.3) is 5.91 Å². The van der Waals surface area contributed by atoms with E-state index < -0.39 is 0 Å². The van der Waals surface area contributed by atoms with Gasteiger partial charge in [0.1, 0.15) is 0 Å². The van der Waals surface area contributed by atoms with Crippen molar-refractivity contribution in [2.75, 3.05) is 13.1 Å². The largest absolute Gasteiger partial charge is 0.339 e. The van der Waals surface area contributed by atoms with Crippen LogP contribution in [0.1, 0.15) is 40.7 Å². The second-order valence-electron chi connectivity index (χ2n) is 7.19. The first-order valence-corrected chi connectivity index (χ1v) is 9.47. The summed E-state index contributed by atoms with van der Waals surface area (Å²) in [5, 5.41) is 0. The summed E-state index contributed by atoms with van der Waals surface area (Å²) in [6, 6.07) is 11.9. The number of hydrogen-bond donors (Lipinski definition) is 0. The van der Waals surface area contributed by atoms with Gasteiger partial charge in [-0.25, -0.2) is 4.98 Å². The minimum Gasteiger partial charge on any atom is -0.339 e. The fraction of sp³-hybridized carbons (Fsp3) is 0.273. The minimum absolute atomic E-state index is 0.0949. The maximum Gasteiger partial charge on any atom is 0.253 e. The number of hydrogen-bond acceptors (Lipinski definition) is 4. The third-order valence-corrected chi connectivity index (χ3v) is 5.37. The smallest absolute Gasteiger partial charge is 0.253 e. The Morgan fingerprint density at radius 2 is 1.85 bits per heavy atom. The van der Waals surface area contributed by atoms with E-state index in [0.717, 1.165) is 60.3 Å². The number of rotatable bonds is 2. The standard InChI is InChI=1S/C22H20N4O/c27-22(26-8-2-1-3-9-26)16-6-7-19-20(11-16)25-21(14-24-19)15-4-5-17-12-23-13-18(17)10-15/h4-7,10-11,13-14H,1-3,8-9,12H2. The highest BCUT2D eigenvalue weighted by Crippen LogP contribution is 2.25. The first-order valence-electron chi connectivity index (χ1n) is 9.47. The molecule has 134 valence electrons. The highest BCUT2D eigenvalue weighted by atomic mass is 16.2. The van der Waals surface area contributed by atoms with Crippen LogP contribution in [-0.2, 0) is 6.54 Å². The fourth-order valence-electron chi connectivity index (χ4n) is 3.82. The van der Waals surface area contributed by atoms with Gasteiger partial charge in [0.15, 0.2) is 0 Å². The molecule has 0 aliphatic carbocycles. The number of aliphatic imine (C=N–C) groups is 1. The molecule has 0 bridgehead atoms. The molecule has 5 nitrogen and oxygen atoms in total. The van der Waals surface area contributed by atoms with Gasteiger partial charge in [0, 0.05) is 30.4 Å². The molecule has 3 aromatic rings. The van der Waals surface area contributed by atoms with Crippen molar-refractivity contribution in [1.82, 2.24) is 14.9 Å². The zero-order valence-corrected chi connectivity index (χ0v) is 15.1. The highest BCUT2D eigenvalue weighted by Gasteiger charge is 2.19. The second-order valence-corrected chi connectivity index (χ2v) is 7.19. The molecule has 1 amide bonds. The molecule has 1 saturated heterocycles. The van der Waals surface area contributed by atoms with E-state index in [4.69, 9.17) is 4.98 Å². The van der Waals surface area contributed by atoms with Gasteiger partial charge in [-0.2, -0.15) is 0 Å². The summed E-state index contributed by atoms with van der Waals surface area (Å²) in [5.41, 5.74) is 6.46. The van der Waals surface area contributed by atoms with Gasteiger partial charge in [0.2, 0.25) is 0 Å². The first-order chi connectivity index (χ1) is 13.3. The van der Waals surface area contributed by atoms with Crippen LogP contribution in [0.5, 0.6) is 0 Å². The lowest BCUT2D eigenvalue weighted by molar-refractivity contribution is 0.0724. The monoisotopic (exact) mass is 356 g/mol. The molecule has 2 aromatic carbocycles. The van der Waals surface area contributed by atoms with Gasteiger partial charge < -0.3 is 4.90 Å². The lowest BCUT2D eigenvalue weighted by atomic mass is 10.0.